The number of carbonyl (C=O) groups is 1. The van der Waals surface area contributed by atoms with Gasteiger partial charge in [-0.25, -0.2) is 4.98 Å². The average molecular weight is 240 g/mol. The number of carbonyl (C=O) groups excluding carboxylic acids is 1. The van der Waals surface area contributed by atoms with E-state index in [-0.39, 0.29) is 5.91 Å². The SMILES string of the molecule is CNc1ccc2c(c1)/C(=C\c1cnc[nH]1)C(=O)N2. The van der Waals surface area contributed by atoms with Crippen LogP contribution >= 0.6 is 0 Å². The second kappa shape index (κ2) is 4.03. The van der Waals surface area contributed by atoms with Gasteiger partial charge in [0, 0.05) is 24.0 Å². The fourth-order valence-corrected chi connectivity index (χ4v) is 1.99. The minimum absolute atomic E-state index is 0.0900. The Labute approximate surface area is 104 Å². The quantitative estimate of drug-likeness (QED) is 0.703. The molecular formula is C13H12N4O. The number of imidazole rings is 1. The van der Waals surface area contributed by atoms with Crippen molar-refractivity contribution in [2.45, 2.75) is 0 Å². The molecule has 0 aliphatic carbocycles. The smallest absolute Gasteiger partial charge is 0.256 e. The van der Waals surface area contributed by atoms with Gasteiger partial charge in [0.2, 0.25) is 0 Å². The first kappa shape index (κ1) is 10.6. The van der Waals surface area contributed by atoms with Crippen LogP contribution in [0.3, 0.4) is 0 Å². The van der Waals surface area contributed by atoms with E-state index < -0.39 is 0 Å². The van der Waals surface area contributed by atoms with E-state index in [1.165, 1.54) is 0 Å². The number of fused-ring (bicyclic) bond motifs is 1. The fraction of sp³-hybridized carbons (Fsp3) is 0.0769. The predicted octanol–water partition coefficient (Wildman–Crippen LogP) is 1.94. The lowest BCUT2D eigenvalue weighted by Crippen LogP contribution is -2.03. The zero-order valence-electron chi connectivity index (χ0n) is 9.82. The van der Waals surface area contributed by atoms with Crippen LogP contribution in [-0.2, 0) is 4.79 Å². The molecule has 18 heavy (non-hydrogen) atoms. The summed E-state index contributed by atoms with van der Waals surface area (Å²) >= 11 is 0. The standard InChI is InChI=1S/C13H12N4O/c1-14-8-2-3-12-10(4-8)11(13(18)17-12)5-9-6-15-7-16-9/h2-7,14H,1H3,(H,15,16)(H,17,18)/b11-5+. The summed E-state index contributed by atoms with van der Waals surface area (Å²) in [5.41, 5.74) is 4.17. The van der Waals surface area contributed by atoms with Gasteiger partial charge in [-0.05, 0) is 24.3 Å². The van der Waals surface area contributed by atoms with E-state index in [2.05, 4.69) is 20.6 Å². The van der Waals surface area contributed by atoms with Gasteiger partial charge in [-0.3, -0.25) is 4.79 Å². The number of aromatic nitrogens is 2. The second-order valence-corrected chi connectivity index (χ2v) is 4.03. The fourth-order valence-electron chi connectivity index (χ4n) is 1.99. The largest absolute Gasteiger partial charge is 0.388 e. The van der Waals surface area contributed by atoms with Crippen molar-refractivity contribution in [1.82, 2.24) is 9.97 Å². The molecule has 0 atom stereocenters. The Morgan fingerprint density at radius 2 is 2.28 bits per heavy atom. The van der Waals surface area contributed by atoms with Crippen molar-refractivity contribution >= 4 is 28.9 Å². The first-order chi connectivity index (χ1) is 8.78. The van der Waals surface area contributed by atoms with E-state index in [9.17, 15) is 4.79 Å². The molecule has 1 amide bonds. The van der Waals surface area contributed by atoms with E-state index in [0.29, 0.717) is 5.57 Å². The third-order valence-electron chi connectivity index (χ3n) is 2.91. The topological polar surface area (TPSA) is 69.8 Å². The molecule has 2 heterocycles. The molecule has 3 N–H and O–H groups in total. The summed E-state index contributed by atoms with van der Waals surface area (Å²) < 4.78 is 0. The number of nitrogens with zero attached hydrogens (tertiary/aromatic N) is 1. The average Bonchev–Trinajstić information content (AvgIpc) is 2.99. The molecule has 0 saturated carbocycles. The molecule has 5 heteroatoms. The number of H-pyrrole nitrogens is 1. The van der Waals surface area contributed by atoms with Crippen LogP contribution in [-0.4, -0.2) is 22.9 Å². The Morgan fingerprint density at radius 3 is 3.00 bits per heavy atom. The van der Waals surface area contributed by atoms with Crippen LogP contribution < -0.4 is 10.6 Å². The highest BCUT2D eigenvalue weighted by atomic mass is 16.2. The van der Waals surface area contributed by atoms with E-state index in [4.69, 9.17) is 0 Å². The van der Waals surface area contributed by atoms with Crippen molar-refractivity contribution in [3.8, 4) is 0 Å². The van der Waals surface area contributed by atoms with E-state index in [1.54, 1.807) is 18.6 Å². The summed E-state index contributed by atoms with van der Waals surface area (Å²) in [7, 11) is 1.85. The summed E-state index contributed by atoms with van der Waals surface area (Å²) in [6.45, 7) is 0. The van der Waals surface area contributed by atoms with Crippen LogP contribution in [0.1, 0.15) is 11.3 Å². The molecule has 0 unspecified atom stereocenters. The third kappa shape index (κ3) is 1.66. The minimum atomic E-state index is -0.0900. The molecule has 90 valence electrons. The monoisotopic (exact) mass is 240 g/mol. The predicted molar refractivity (Wildman–Crippen MR) is 71.1 cm³/mol. The number of aromatic amines is 1. The maximum atomic E-state index is 11.9. The lowest BCUT2D eigenvalue weighted by atomic mass is 10.1. The number of benzene rings is 1. The van der Waals surface area contributed by atoms with Gasteiger partial charge in [-0.1, -0.05) is 0 Å². The van der Waals surface area contributed by atoms with E-state index >= 15 is 0 Å². The molecule has 0 bridgehead atoms. The zero-order chi connectivity index (χ0) is 12.5. The number of hydrogen-bond acceptors (Lipinski definition) is 3. The van der Waals surface area contributed by atoms with Crippen molar-refractivity contribution in [1.29, 1.82) is 0 Å². The van der Waals surface area contributed by atoms with E-state index in [0.717, 1.165) is 22.6 Å². The summed E-state index contributed by atoms with van der Waals surface area (Å²) in [6, 6.07) is 5.78. The molecule has 0 spiro atoms. The number of anilines is 2. The summed E-state index contributed by atoms with van der Waals surface area (Å²) in [5, 5.41) is 5.91. The van der Waals surface area contributed by atoms with Gasteiger partial charge < -0.3 is 15.6 Å². The van der Waals surface area contributed by atoms with Crippen LogP contribution in [0, 0.1) is 0 Å². The zero-order valence-corrected chi connectivity index (χ0v) is 9.82. The molecule has 1 aliphatic rings. The van der Waals surface area contributed by atoms with E-state index in [1.807, 2.05) is 25.2 Å². The molecule has 1 aromatic heterocycles. The van der Waals surface area contributed by atoms with Crippen molar-refractivity contribution in [2.75, 3.05) is 17.7 Å². The first-order valence-corrected chi connectivity index (χ1v) is 5.61. The Morgan fingerprint density at radius 1 is 1.39 bits per heavy atom. The van der Waals surface area contributed by atoms with Crippen molar-refractivity contribution in [2.24, 2.45) is 0 Å². The molecule has 0 radical (unpaired) electrons. The molecule has 2 aromatic rings. The number of amides is 1. The summed E-state index contributed by atoms with van der Waals surface area (Å²) in [6.07, 6.45) is 5.07. The van der Waals surface area contributed by atoms with Gasteiger partial charge in [0.05, 0.1) is 23.8 Å². The molecule has 0 fully saturated rings. The first-order valence-electron chi connectivity index (χ1n) is 5.61. The summed E-state index contributed by atoms with van der Waals surface area (Å²) in [5.74, 6) is -0.0900. The van der Waals surface area contributed by atoms with Crippen LogP contribution in [0.5, 0.6) is 0 Å². The maximum Gasteiger partial charge on any atom is 0.256 e. The van der Waals surface area contributed by atoms with Gasteiger partial charge in [0.25, 0.3) is 5.91 Å². The van der Waals surface area contributed by atoms with Gasteiger partial charge in [-0.15, -0.1) is 0 Å². The van der Waals surface area contributed by atoms with Crippen LogP contribution in [0.25, 0.3) is 11.6 Å². The molecular weight excluding hydrogens is 228 g/mol. The molecule has 5 nitrogen and oxygen atoms in total. The second-order valence-electron chi connectivity index (χ2n) is 4.03. The normalized spacial score (nSPS) is 15.6. The van der Waals surface area contributed by atoms with Crippen LogP contribution in [0.15, 0.2) is 30.7 Å². The lowest BCUT2D eigenvalue weighted by molar-refractivity contribution is -0.110. The Kier molecular flexibility index (Phi) is 2.37. The van der Waals surface area contributed by atoms with Crippen molar-refractivity contribution < 1.29 is 4.79 Å². The third-order valence-corrected chi connectivity index (χ3v) is 2.91. The van der Waals surface area contributed by atoms with Gasteiger partial charge in [-0.2, -0.15) is 0 Å². The highest BCUT2D eigenvalue weighted by Crippen LogP contribution is 2.34. The van der Waals surface area contributed by atoms with Crippen molar-refractivity contribution in [3.05, 3.63) is 42.0 Å². The highest BCUT2D eigenvalue weighted by molar-refractivity contribution is 6.35. The summed E-state index contributed by atoms with van der Waals surface area (Å²) in [4.78, 5) is 18.8. The lowest BCUT2D eigenvalue weighted by Gasteiger charge is -2.03. The highest BCUT2D eigenvalue weighted by Gasteiger charge is 2.24. The Balaban J connectivity index is 2.10. The van der Waals surface area contributed by atoms with Crippen LogP contribution in [0.4, 0.5) is 11.4 Å². The van der Waals surface area contributed by atoms with Gasteiger partial charge >= 0.3 is 0 Å². The minimum Gasteiger partial charge on any atom is -0.388 e. The molecule has 1 aromatic carbocycles. The number of hydrogen-bond donors (Lipinski definition) is 3. The molecule has 0 saturated heterocycles. The molecule has 3 rings (SSSR count). The van der Waals surface area contributed by atoms with Gasteiger partial charge in [0.1, 0.15) is 0 Å². The van der Waals surface area contributed by atoms with Crippen LogP contribution in [0.2, 0.25) is 0 Å². The molecule has 1 aliphatic heterocycles. The Bertz CT molecular complexity index is 628. The van der Waals surface area contributed by atoms with Gasteiger partial charge in [0.15, 0.2) is 0 Å². The van der Waals surface area contributed by atoms with Crippen molar-refractivity contribution in [3.63, 3.8) is 0 Å². The Hall–Kier alpha value is -2.56. The number of rotatable bonds is 2. The number of nitrogens with one attached hydrogen (secondary N) is 3. The maximum absolute atomic E-state index is 11.9.